The third-order valence-electron chi connectivity index (χ3n) is 6.39. The molecule has 0 fully saturated rings. The van der Waals surface area contributed by atoms with Crippen LogP contribution in [0.1, 0.15) is 115 Å². The van der Waals surface area contributed by atoms with Crippen LogP contribution in [0.25, 0.3) is 0 Å². The van der Waals surface area contributed by atoms with Crippen LogP contribution in [0.3, 0.4) is 0 Å². The van der Waals surface area contributed by atoms with Gasteiger partial charge in [-0.15, -0.1) is 0 Å². The predicted octanol–water partition coefficient (Wildman–Crippen LogP) is 8.21. The van der Waals surface area contributed by atoms with E-state index in [9.17, 15) is 18.9 Å². The fourth-order valence-corrected chi connectivity index (χ4v) is 4.87. The molecule has 0 heterocycles. The predicted molar refractivity (Wildman–Crippen MR) is 156 cm³/mol. The first-order valence-electron chi connectivity index (χ1n) is 14.4. The van der Waals surface area contributed by atoms with Gasteiger partial charge in [-0.2, -0.15) is 0 Å². The average molecular weight is 625 g/mol. The maximum Gasteiger partial charge on any atom is 2.00 e. The van der Waals surface area contributed by atoms with Gasteiger partial charge in [0, 0.05) is 0 Å². The van der Waals surface area contributed by atoms with Crippen molar-refractivity contribution in [2.75, 3.05) is 0 Å². The largest absolute Gasteiger partial charge is 2.00 e. The molecule has 0 amide bonds. The third-order valence-corrected chi connectivity index (χ3v) is 7.19. The molecule has 9 heteroatoms. The first kappa shape index (κ1) is 37.9. The molecule has 224 valence electrons. The summed E-state index contributed by atoms with van der Waals surface area (Å²) in [5, 5.41) is 0. The van der Waals surface area contributed by atoms with Crippen LogP contribution in [0.4, 0.5) is 0 Å². The molecule has 0 radical (unpaired) electrons. The normalized spacial score (nSPS) is 12.0. The van der Waals surface area contributed by atoms with E-state index in [1.807, 2.05) is 24.3 Å². The quantitative estimate of drug-likeness (QED) is 0.0836. The molecule has 2 unspecified atom stereocenters. The monoisotopic (exact) mass is 624 g/mol. The fourth-order valence-electron chi connectivity index (χ4n) is 4.21. The molecular formula is C30H48NiO6P2. The molecule has 0 saturated heterocycles. The van der Waals surface area contributed by atoms with Crippen molar-refractivity contribution in [3.8, 4) is 11.5 Å². The summed E-state index contributed by atoms with van der Waals surface area (Å²) in [6.07, 6.45) is 20.4. The van der Waals surface area contributed by atoms with Crippen LogP contribution < -0.4 is 18.8 Å². The zero-order chi connectivity index (χ0) is 27.8. The fraction of sp³-hybridized carbons (Fsp3) is 0.600. The van der Waals surface area contributed by atoms with E-state index in [0.29, 0.717) is 11.5 Å². The van der Waals surface area contributed by atoms with E-state index in [0.717, 1.165) is 12.8 Å². The maximum absolute atomic E-state index is 10.4. The molecule has 0 aromatic heterocycles. The number of unbranched alkanes of at least 4 members (excludes halogenated alkanes) is 12. The van der Waals surface area contributed by atoms with Crippen LogP contribution >= 0.6 is 16.5 Å². The number of aryl methyl sites for hydroxylation is 2. The smallest absolute Gasteiger partial charge is 0.771 e. The van der Waals surface area contributed by atoms with Crippen LogP contribution in [0.2, 0.25) is 0 Å². The second-order valence-electron chi connectivity index (χ2n) is 9.73. The van der Waals surface area contributed by atoms with Gasteiger partial charge in [-0.25, -0.2) is 0 Å². The number of hydrogen-bond donors (Lipinski definition) is 0. The SMILES string of the molecule is CCCCCCCCCc1ccc(O[PH](=O)[O-])cc1.CCCCCCCCCc1ccc(O[PH](=O)[O-])cc1.[Ni+2]. The Kier molecular flexibility index (Phi) is 25.1. The molecule has 0 aliphatic heterocycles. The Morgan fingerprint density at radius 3 is 1.08 bits per heavy atom. The summed E-state index contributed by atoms with van der Waals surface area (Å²) in [5.74, 6) is 0.810. The Morgan fingerprint density at radius 2 is 0.795 bits per heavy atom. The third kappa shape index (κ3) is 22.3. The van der Waals surface area contributed by atoms with E-state index in [-0.39, 0.29) is 16.5 Å². The second kappa shape index (κ2) is 25.9. The van der Waals surface area contributed by atoms with E-state index >= 15 is 0 Å². The van der Waals surface area contributed by atoms with Gasteiger partial charge in [-0.05, 0) is 61.1 Å². The van der Waals surface area contributed by atoms with Crippen LogP contribution in [0.15, 0.2) is 48.5 Å². The molecule has 0 spiro atoms. The number of hydrogen-bond acceptors (Lipinski definition) is 6. The van der Waals surface area contributed by atoms with Crippen molar-refractivity contribution >= 4 is 16.5 Å². The van der Waals surface area contributed by atoms with Gasteiger partial charge in [0.25, 0.3) is 0 Å². The van der Waals surface area contributed by atoms with Gasteiger partial charge >= 0.3 is 16.5 Å². The van der Waals surface area contributed by atoms with E-state index in [4.69, 9.17) is 0 Å². The molecule has 2 atom stereocenters. The van der Waals surface area contributed by atoms with Gasteiger partial charge in [0.2, 0.25) is 0 Å². The summed E-state index contributed by atoms with van der Waals surface area (Å²) in [6, 6.07) is 14.6. The summed E-state index contributed by atoms with van der Waals surface area (Å²) in [7, 11) is -6.26. The van der Waals surface area contributed by atoms with Crippen LogP contribution in [0, 0.1) is 0 Å². The minimum absolute atomic E-state index is 0. The van der Waals surface area contributed by atoms with E-state index < -0.39 is 16.5 Å². The van der Waals surface area contributed by atoms with Crippen molar-refractivity contribution in [1.29, 1.82) is 0 Å². The Balaban J connectivity index is 0.000000722. The Labute approximate surface area is 248 Å². The van der Waals surface area contributed by atoms with E-state index in [1.54, 1.807) is 24.3 Å². The van der Waals surface area contributed by atoms with Gasteiger partial charge in [0.05, 0.1) is 0 Å². The standard InChI is InChI=1S/2C15H25O3P.Ni/c2*1-2-3-4-5-6-7-8-9-14-10-12-15(13-11-14)18-19(16)17;/h2*10-13,19H,2-9H2,1H3,(H,16,17);/q;;+2/p-2. The van der Waals surface area contributed by atoms with E-state index in [2.05, 4.69) is 22.9 Å². The maximum atomic E-state index is 10.4. The molecule has 6 nitrogen and oxygen atoms in total. The first-order valence-corrected chi connectivity index (χ1v) is 16.8. The van der Waals surface area contributed by atoms with Crippen molar-refractivity contribution in [2.45, 2.75) is 117 Å². The Hall–Kier alpha value is -1.09. The summed E-state index contributed by atoms with van der Waals surface area (Å²) in [6.45, 7) is 4.47. The van der Waals surface area contributed by atoms with Crippen molar-refractivity contribution < 1.29 is 44.5 Å². The minimum atomic E-state index is -3.13. The second-order valence-corrected chi connectivity index (χ2v) is 11.1. The van der Waals surface area contributed by atoms with Gasteiger partial charge in [-0.1, -0.05) is 115 Å². The molecular weight excluding hydrogens is 577 g/mol. The summed E-state index contributed by atoms with van der Waals surface area (Å²) < 4.78 is 30.1. The molecule has 0 saturated carbocycles. The molecule has 0 aliphatic rings. The van der Waals surface area contributed by atoms with Crippen LogP contribution in [0.5, 0.6) is 11.5 Å². The topological polar surface area (TPSA) is 98.7 Å². The van der Waals surface area contributed by atoms with Gasteiger partial charge in [0.15, 0.2) is 16.5 Å². The van der Waals surface area contributed by atoms with E-state index in [1.165, 1.54) is 101 Å². The van der Waals surface area contributed by atoms with Crippen molar-refractivity contribution in [1.82, 2.24) is 0 Å². The Bertz CT molecular complexity index is 805. The van der Waals surface area contributed by atoms with Gasteiger partial charge in [-0.3, -0.25) is 9.13 Å². The van der Waals surface area contributed by atoms with Gasteiger partial charge < -0.3 is 18.8 Å². The molecule has 2 rings (SSSR count). The molecule has 39 heavy (non-hydrogen) atoms. The summed E-state index contributed by atoms with van der Waals surface area (Å²) in [4.78, 5) is 20.8. The van der Waals surface area contributed by atoms with Crippen LogP contribution in [-0.4, -0.2) is 0 Å². The summed E-state index contributed by atoms with van der Waals surface area (Å²) >= 11 is 0. The molecule has 0 aliphatic carbocycles. The average Bonchev–Trinajstić information content (AvgIpc) is 2.89. The number of rotatable bonds is 20. The Morgan fingerprint density at radius 1 is 0.513 bits per heavy atom. The molecule has 2 aromatic carbocycles. The van der Waals surface area contributed by atoms with Crippen LogP contribution in [-0.2, 0) is 38.5 Å². The molecule has 0 bridgehead atoms. The van der Waals surface area contributed by atoms with Crippen molar-refractivity contribution in [2.24, 2.45) is 0 Å². The van der Waals surface area contributed by atoms with Gasteiger partial charge in [0.1, 0.15) is 11.5 Å². The number of benzene rings is 2. The summed E-state index contributed by atoms with van der Waals surface area (Å²) in [5.41, 5.74) is 2.48. The van der Waals surface area contributed by atoms with Crippen molar-refractivity contribution in [3.63, 3.8) is 0 Å². The first-order chi connectivity index (χ1) is 18.4. The zero-order valence-corrected chi connectivity index (χ0v) is 26.7. The van der Waals surface area contributed by atoms with Crippen molar-refractivity contribution in [3.05, 3.63) is 59.7 Å². The molecule has 0 N–H and O–H groups in total. The zero-order valence-electron chi connectivity index (χ0n) is 23.7. The minimum Gasteiger partial charge on any atom is -0.771 e. The molecule has 2 aromatic rings.